The number of thiol groups is 1. The van der Waals surface area contributed by atoms with Crippen LogP contribution in [-0.4, -0.2) is 5.25 Å². The summed E-state index contributed by atoms with van der Waals surface area (Å²) < 4.78 is 0. The van der Waals surface area contributed by atoms with Crippen molar-refractivity contribution >= 4 is 12.6 Å². The zero-order chi connectivity index (χ0) is 9.23. The Morgan fingerprint density at radius 2 is 1.18 bits per heavy atom. The number of rotatable bonds is 3. The summed E-state index contributed by atoms with van der Waals surface area (Å²) in [5, 5.41) is 0.475. The van der Waals surface area contributed by atoms with E-state index in [1.54, 1.807) is 0 Å². The highest BCUT2D eigenvalue weighted by Gasteiger charge is 2.35. The molecule has 0 aromatic carbocycles. The van der Waals surface area contributed by atoms with Crippen LogP contribution in [0, 0.1) is 17.3 Å². The van der Waals surface area contributed by atoms with Crippen LogP contribution in [0.4, 0.5) is 0 Å². The maximum absolute atomic E-state index is 4.56. The molecule has 0 aliphatic carbocycles. The predicted molar refractivity (Wildman–Crippen MR) is 56.2 cm³/mol. The third-order valence-corrected chi connectivity index (χ3v) is 3.94. The molecule has 0 radical (unpaired) electrons. The Bertz CT molecular complexity index is 92.3. The molecule has 0 aliphatic heterocycles. The molecule has 0 saturated carbocycles. The summed E-state index contributed by atoms with van der Waals surface area (Å²) in [7, 11) is 0. The summed E-state index contributed by atoms with van der Waals surface area (Å²) >= 11 is 4.56. The van der Waals surface area contributed by atoms with Crippen molar-refractivity contribution in [3.05, 3.63) is 0 Å². The Labute approximate surface area is 77.2 Å². The summed E-state index contributed by atoms with van der Waals surface area (Å²) in [5.41, 5.74) is 0.364. The fourth-order valence-electron chi connectivity index (χ4n) is 1.63. The van der Waals surface area contributed by atoms with E-state index < -0.39 is 0 Å². The van der Waals surface area contributed by atoms with Crippen LogP contribution in [0.2, 0.25) is 0 Å². The minimum Gasteiger partial charge on any atom is -0.176 e. The quantitative estimate of drug-likeness (QED) is 0.621. The van der Waals surface area contributed by atoms with Gasteiger partial charge < -0.3 is 0 Å². The van der Waals surface area contributed by atoms with Crippen molar-refractivity contribution in [1.82, 2.24) is 0 Å². The summed E-state index contributed by atoms with van der Waals surface area (Å²) in [4.78, 5) is 0. The third-order valence-electron chi connectivity index (χ3n) is 3.39. The first-order valence-electron chi connectivity index (χ1n) is 4.51. The lowest BCUT2D eigenvalue weighted by Crippen LogP contribution is -2.37. The van der Waals surface area contributed by atoms with Gasteiger partial charge in [-0.05, 0) is 17.3 Å². The maximum Gasteiger partial charge on any atom is 0.00471 e. The van der Waals surface area contributed by atoms with E-state index in [2.05, 4.69) is 54.2 Å². The van der Waals surface area contributed by atoms with Crippen molar-refractivity contribution in [2.75, 3.05) is 0 Å². The lowest BCUT2D eigenvalue weighted by Gasteiger charge is -2.41. The molecule has 0 aromatic heterocycles. The molecule has 0 rings (SSSR count). The van der Waals surface area contributed by atoms with Gasteiger partial charge in [-0.1, -0.05) is 41.5 Å². The van der Waals surface area contributed by atoms with E-state index in [0.717, 1.165) is 0 Å². The summed E-state index contributed by atoms with van der Waals surface area (Å²) in [6.45, 7) is 13.7. The standard InChI is InChI=1S/C10H22S/c1-7(2)10(6,8(3)4)9(5)11/h7-9,11H,1-6H3. The number of hydrogen-bond donors (Lipinski definition) is 1. The lowest BCUT2D eigenvalue weighted by molar-refractivity contribution is 0.140. The van der Waals surface area contributed by atoms with Gasteiger partial charge in [-0.25, -0.2) is 0 Å². The minimum absolute atomic E-state index is 0.364. The van der Waals surface area contributed by atoms with Gasteiger partial charge in [0.2, 0.25) is 0 Å². The topological polar surface area (TPSA) is 0 Å². The van der Waals surface area contributed by atoms with Gasteiger partial charge in [0.05, 0.1) is 0 Å². The monoisotopic (exact) mass is 174 g/mol. The van der Waals surface area contributed by atoms with Crippen LogP contribution < -0.4 is 0 Å². The van der Waals surface area contributed by atoms with E-state index in [9.17, 15) is 0 Å². The normalized spacial score (nSPS) is 16.1. The molecule has 1 unspecified atom stereocenters. The van der Waals surface area contributed by atoms with E-state index in [-0.39, 0.29) is 0 Å². The number of hydrogen-bond acceptors (Lipinski definition) is 1. The molecular weight excluding hydrogens is 152 g/mol. The van der Waals surface area contributed by atoms with Gasteiger partial charge in [-0.3, -0.25) is 0 Å². The van der Waals surface area contributed by atoms with Gasteiger partial charge in [0.1, 0.15) is 0 Å². The van der Waals surface area contributed by atoms with Crippen LogP contribution in [0.5, 0.6) is 0 Å². The summed E-state index contributed by atoms with van der Waals surface area (Å²) in [6, 6.07) is 0. The van der Waals surface area contributed by atoms with E-state index in [0.29, 0.717) is 22.5 Å². The van der Waals surface area contributed by atoms with Gasteiger partial charge in [-0.15, -0.1) is 0 Å². The minimum atomic E-state index is 0.364. The first kappa shape index (κ1) is 11.4. The molecule has 0 amide bonds. The molecule has 0 bridgehead atoms. The molecule has 11 heavy (non-hydrogen) atoms. The Kier molecular flexibility index (Phi) is 3.96. The highest BCUT2D eigenvalue weighted by molar-refractivity contribution is 7.81. The average Bonchev–Trinajstić information content (AvgIpc) is 1.84. The Balaban J connectivity index is 4.53. The van der Waals surface area contributed by atoms with Gasteiger partial charge in [0.25, 0.3) is 0 Å². The van der Waals surface area contributed by atoms with Gasteiger partial charge >= 0.3 is 0 Å². The molecule has 0 saturated heterocycles. The second-order valence-electron chi connectivity index (χ2n) is 4.35. The van der Waals surface area contributed by atoms with Crippen LogP contribution in [-0.2, 0) is 0 Å². The third kappa shape index (κ3) is 2.14. The van der Waals surface area contributed by atoms with Crippen molar-refractivity contribution in [1.29, 1.82) is 0 Å². The molecule has 0 spiro atoms. The molecule has 0 fully saturated rings. The molecule has 1 atom stereocenters. The fourth-order valence-corrected chi connectivity index (χ4v) is 2.23. The molecule has 68 valence electrons. The zero-order valence-corrected chi connectivity index (χ0v) is 9.57. The SMILES string of the molecule is CC(C)C(C)(C(C)C)C(C)S. The Morgan fingerprint density at radius 3 is 1.18 bits per heavy atom. The summed E-state index contributed by atoms with van der Waals surface area (Å²) in [6.07, 6.45) is 0. The van der Waals surface area contributed by atoms with Gasteiger partial charge in [0, 0.05) is 5.25 Å². The van der Waals surface area contributed by atoms with Crippen molar-refractivity contribution in [2.45, 2.75) is 46.8 Å². The first-order valence-corrected chi connectivity index (χ1v) is 5.03. The molecule has 0 nitrogen and oxygen atoms in total. The van der Waals surface area contributed by atoms with Gasteiger partial charge in [0.15, 0.2) is 0 Å². The Hall–Kier alpha value is 0.350. The second-order valence-corrected chi connectivity index (χ2v) is 5.13. The van der Waals surface area contributed by atoms with Crippen molar-refractivity contribution in [2.24, 2.45) is 17.3 Å². The largest absolute Gasteiger partial charge is 0.176 e. The van der Waals surface area contributed by atoms with E-state index in [1.165, 1.54) is 0 Å². The summed E-state index contributed by atoms with van der Waals surface area (Å²) in [5.74, 6) is 1.41. The molecule has 0 N–H and O–H groups in total. The van der Waals surface area contributed by atoms with Crippen LogP contribution in [0.25, 0.3) is 0 Å². The predicted octanol–water partition coefficient (Wildman–Crippen LogP) is 3.62. The van der Waals surface area contributed by atoms with Crippen LogP contribution in [0.1, 0.15) is 41.5 Å². The van der Waals surface area contributed by atoms with Crippen LogP contribution >= 0.6 is 12.6 Å². The Morgan fingerprint density at radius 1 is 0.909 bits per heavy atom. The highest BCUT2D eigenvalue weighted by Crippen LogP contribution is 2.40. The highest BCUT2D eigenvalue weighted by atomic mass is 32.1. The molecule has 0 aliphatic rings. The molecule has 0 heterocycles. The van der Waals surface area contributed by atoms with Crippen LogP contribution in [0.3, 0.4) is 0 Å². The lowest BCUT2D eigenvalue weighted by atomic mass is 9.68. The second kappa shape index (κ2) is 3.84. The fraction of sp³-hybridized carbons (Fsp3) is 1.00. The van der Waals surface area contributed by atoms with Gasteiger partial charge in [-0.2, -0.15) is 12.6 Å². The van der Waals surface area contributed by atoms with E-state index >= 15 is 0 Å². The smallest absolute Gasteiger partial charge is 0.00471 e. The van der Waals surface area contributed by atoms with E-state index in [4.69, 9.17) is 0 Å². The van der Waals surface area contributed by atoms with Crippen molar-refractivity contribution in [3.63, 3.8) is 0 Å². The average molecular weight is 174 g/mol. The molecule has 1 heteroatoms. The van der Waals surface area contributed by atoms with E-state index in [1.807, 2.05) is 0 Å². The maximum atomic E-state index is 4.56. The first-order chi connectivity index (χ1) is 4.83. The van der Waals surface area contributed by atoms with Crippen molar-refractivity contribution < 1.29 is 0 Å². The molecular formula is C10H22S. The van der Waals surface area contributed by atoms with Crippen molar-refractivity contribution in [3.8, 4) is 0 Å². The van der Waals surface area contributed by atoms with Crippen LogP contribution in [0.15, 0.2) is 0 Å². The zero-order valence-electron chi connectivity index (χ0n) is 8.68. The molecule has 0 aromatic rings.